The van der Waals surface area contributed by atoms with E-state index in [1.807, 2.05) is 44.2 Å². The van der Waals surface area contributed by atoms with Gasteiger partial charge >= 0.3 is 0 Å². The molecule has 0 aliphatic carbocycles. The molecule has 0 spiro atoms. The van der Waals surface area contributed by atoms with Gasteiger partial charge in [0, 0.05) is 12.6 Å². The average Bonchev–Trinajstić information content (AvgIpc) is 2.52. The van der Waals surface area contributed by atoms with Gasteiger partial charge in [-0.25, -0.2) is 4.39 Å². The number of aliphatic hydroxyl groups is 1. The number of aryl methyl sites for hydroxylation is 1. The van der Waals surface area contributed by atoms with Crippen LogP contribution in [0.1, 0.15) is 35.8 Å². The SMILES string of the molecule is COc1ccc(C(C)NCC(O)c2ccc(C)cc2)cc1F. The highest BCUT2D eigenvalue weighted by Crippen LogP contribution is 2.22. The third kappa shape index (κ3) is 4.06. The molecule has 2 rings (SSSR count). The molecule has 4 heteroatoms. The monoisotopic (exact) mass is 303 g/mol. The Morgan fingerprint density at radius 2 is 1.77 bits per heavy atom. The quantitative estimate of drug-likeness (QED) is 0.858. The minimum atomic E-state index is -0.592. The van der Waals surface area contributed by atoms with Crippen molar-refractivity contribution >= 4 is 0 Å². The van der Waals surface area contributed by atoms with Gasteiger partial charge in [-0.3, -0.25) is 0 Å². The van der Waals surface area contributed by atoms with E-state index in [1.54, 1.807) is 6.07 Å². The van der Waals surface area contributed by atoms with E-state index in [1.165, 1.54) is 13.2 Å². The Morgan fingerprint density at radius 3 is 2.36 bits per heavy atom. The van der Waals surface area contributed by atoms with E-state index in [-0.39, 0.29) is 17.6 Å². The lowest BCUT2D eigenvalue weighted by molar-refractivity contribution is 0.171. The van der Waals surface area contributed by atoms with Crippen LogP contribution in [0.3, 0.4) is 0 Å². The summed E-state index contributed by atoms with van der Waals surface area (Å²) in [7, 11) is 1.44. The maximum Gasteiger partial charge on any atom is 0.165 e. The van der Waals surface area contributed by atoms with Crippen LogP contribution in [0.15, 0.2) is 42.5 Å². The summed E-state index contributed by atoms with van der Waals surface area (Å²) < 4.78 is 18.6. The fourth-order valence-electron chi connectivity index (χ4n) is 2.26. The molecule has 0 fully saturated rings. The van der Waals surface area contributed by atoms with E-state index in [9.17, 15) is 9.50 Å². The molecule has 2 aromatic rings. The van der Waals surface area contributed by atoms with Crippen LogP contribution in [0.2, 0.25) is 0 Å². The number of benzene rings is 2. The van der Waals surface area contributed by atoms with Gasteiger partial charge in [0.2, 0.25) is 0 Å². The normalized spacial score (nSPS) is 13.7. The Balaban J connectivity index is 1.95. The molecule has 2 N–H and O–H groups in total. The van der Waals surface area contributed by atoms with Crippen molar-refractivity contribution in [3.8, 4) is 5.75 Å². The predicted octanol–water partition coefficient (Wildman–Crippen LogP) is 3.53. The lowest BCUT2D eigenvalue weighted by Gasteiger charge is -2.18. The first-order valence-corrected chi connectivity index (χ1v) is 7.32. The average molecular weight is 303 g/mol. The van der Waals surface area contributed by atoms with Gasteiger partial charge in [0.25, 0.3) is 0 Å². The predicted molar refractivity (Wildman–Crippen MR) is 85.5 cm³/mol. The molecule has 22 heavy (non-hydrogen) atoms. The first kappa shape index (κ1) is 16.5. The number of aliphatic hydroxyl groups excluding tert-OH is 1. The van der Waals surface area contributed by atoms with Gasteiger partial charge in [0.05, 0.1) is 13.2 Å². The van der Waals surface area contributed by atoms with E-state index in [0.717, 1.165) is 16.7 Å². The Bertz CT molecular complexity index is 613. The maximum absolute atomic E-state index is 13.7. The Hall–Kier alpha value is -1.91. The molecule has 0 aromatic heterocycles. The number of halogens is 1. The highest BCUT2D eigenvalue weighted by atomic mass is 19.1. The van der Waals surface area contributed by atoms with Crippen molar-refractivity contribution in [2.75, 3.05) is 13.7 Å². The van der Waals surface area contributed by atoms with E-state index >= 15 is 0 Å². The fraction of sp³-hybridized carbons (Fsp3) is 0.333. The minimum absolute atomic E-state index is 0.0690. The number of hydrogen-bond acceptors (Lipinski definition) is 3. The van der Waals surface area contributed by atoms with E-state index in [2.05, 4.69) is 5.32 Å². The molecular weight excluding hydrogens is 281 g/mol. The van der Waals surface area contributed by atoms with Gasteiger partial charge < -0.3 is 15.2 Å². The summed E-state index contributed by atoms with van der Waals surface area (Å²) in [5, 5.41) is 13.4. The number of rotatable bonds is 6. The second kappa shape index (κ2) is 7.38. The van der Waals surface area contributed by atoms with Crippen molar-refractivity contribution in [3.63, 3.8) is 0 Å². The van der Waals surface area contributed by atoms with Gasteiger partial charge in [0.15, 0.2) is 11.6 Å². The summed E-state index contributed by atoms with van der Waals surface area (Å²) in [4.78, 5) is 0. The van der Waals surface area contributed by atoms with Crippen LogP contribution >= 0.6 is 0 Å². The minimum Gasteiger partial charge on any atom is -0.494 e. The summed E-state index contributed by atoms with van der Waals surface area (Å²) in [6.45, 7) is 4.34. The van der Waals surface area contributed by atoms with Crippen LogP contribution in [0.4, 0.5) is 4.39 Å². The molecule has 0 radical (unpaired) electrons. The fourth-order valence-corrected chi connectivity index (χ4v) is 2.26. The molecule has 0 heterocycles. The van der Waals surface area contributed by atoms with Crippen LogP contribution in [-0.2, 0) is 0 Å². The second-order valence-electron chi connectivity index (χ2n) is 5.45. The second-order valence-corrected chi connectivity index (χ2v) is 5.45. The zero-order valence-electron chi connectivity index (χ0n) is 13.1. The molecule has 0 bridgehead atoms. The van der Waals surface area contributed by atoms with Gasteiger partial charge in [0.1, 0.15) is 0 Å². The Labute approximate surface area is 130 Å². The number of nitrogens with one attached hydrogen (secondary N) is 1. The summed E-state index contributed by atoms with van der Waals surface area (Å²) >= 11 is 0. The van der Waals surface area contributed by atoms with Crippen LogP contribution in [0.5, 0.6) is 5.75 Å². The van der Waals surface area contributed by atoms with Crippen molar-refractivity contribution in [3.05, 3.63) is 65.0 Å². The van der Waals surface area contributed by atoms with E-state index in [0.29, 0.717) is 6.54 Å². The largest absolute Gasteiger partial charge is 0.494 e. The zero-order chi connectivity index (χ0) is 16.1. The summed E-state index contributed by atoms with van der Waals surface area (Å²) in [5.41, 5.74) is 2.84. The van der Waals surface area contributed by atoms with Crippen LogP contribution in [0, 0.1) is 12.7 Å². The van der Waals surface area contributed by atoms with Crippen molar-refractivity contribution in [1.29, 1.82) is 0 Å². The molecule has 0 aliphatic rings. The van der Waals surface area contributed by atoms with Gasteiger partial charge in [-0.2, -0.15) is 0 Å². The van der Waals surface area contributed by atoms with Gasteiger partial charge in [-0.15, -0.1) is 0 Å². The maximum atomic E-state index is 13.7. The van der Waals surface area contributed by atoms with Crippen LogP contribution in [0.25, 0.3) is 0 Å². The molecule has 3 nitrogen and oxygen atoms in total. The number of hydrogen-bond donors (Lipinski definition) is 2. The van der Waals surface area contributed by atoms with Crippen LogP contribution in [-0.4, -0.2) is 18.8 Å². The van der Waals surface area contributed by atoms with E-state index in [4.69, 9.17) is 4.74 Å². The van der Waals surface area contributed by atoms with Crippen LogP contribution < -0.4 is 10.1 Å². The highest BCUT2D eigenvalue weighted by molar-refractivity contribution is 5.31. The van der Waals surface area contributed by atoms with Gasteiger partial charge in [-0.05, 0) is 37.1 Å². The first-order chi connectivity index (χ1) is 10.5. The van der Waals surface area contributed by atoms with Crippen molar-refractivity contribution in [2.24, 2.45) is 0 Å². The molecule has 0 aliphatic heterocycles. The molecule has 2 atom stereocenters. The number of methoxy groups -OCH3 is 1. The summed E-state index contributed by atoms with van der Waals surface area (Å²) in [6.07, 6.45) is -0.592. The lowest BCUT2D eigenvalue weighted by atomic mass is 10.1. The van der Waals surface area contributed by atoms with Crippen molar-refractivity contribution < 1.29 is 14.2 Å². The topological polar surface area (TPSA) is 41.5 Å². The smallest absolute Gasteiger partial charge is 0.165 e. The Morgan fingerprint density at radius 1 is 1.14 bits per heavy atom. The van der Waals surface area contributed by atoms with Crippen molar-refractivity contribution in [1.82, 2.24) is 5.32 Å². The third-order valence-corrected chi connectivity index (χ3v) is 3.76. The first-order valence-electron chi connectivity index (χ1n) is 7.32. The Kier molecular flexibility index (Phi) is 5.52. The number of ether oxygens (including phenoxy) is 1. The third-order valence-electron chi connectivity index (χ3n) is 3.76. The van der Waals surface area contributed by atoms with Crippen molar-refractivity contribution in [2.45, 2.75) is 26.0 Å². The molecule has 0 saturated carbocycles. The highest BCUT2D eigenvalue weighted by Gasteiger charge is 2.12. The van der Waals surface area contributed by atoms with E-state index < -0.39 is 6.10 Å². The standard InChI is InChI=1S/C18H22FNO2/c1-12-4-6-14(7-5-12)17(21)11-20-13(2)15-8-9-18(22-3)16(19)10-15/h4-10,13,17,20-21H,11H2,1-3H3. The molecule has 2 aromatic carbocycles. The molecule has 0 amide bonds. The molecular formula is C18H22FNO2. The van der Waals surface area contributed by atoms with Gasteiger partial charge in [-0.1, -0.05) is 35.9 Å². The summed E-state index contributed by atoms with van der Waals surface area (Å²) in [5.74, 6) is -0.150. The zero-order valence-corrected chi connectivity index (χ0v) is 13.1. The molecule has 0 saturated heterocycles. The summed E-state index contributed by atoms with van der Waals surface area (Å²) in [6, 6.07) is 12.6. The lowest BCUT2D eigenvalue weighted by Crippen LogP contribution is -2.24. The molecule has 118 valence electrons. The molecule has 2 unspecified atom stereocenters.